The van der Waals surface area contributed by atoms with Crippen LogP contribution in [-0.4, -0.2) is 24.7 Å². The van der Waals surface area contributed by atoms with Gasteiger partial charge in [0.25, 0.3) is 0 Å². The lowest BCUT2D eigenvalue weighted by molar-refractivity contribution is -0.120. The molecule has 0 aliphatic carbocycles. The lowest BCUT2D eigenvalue weighted by Gasteiger charge is -2.35. The van der Waals surface area contributed by atoms with Gasteiger partial charge in [-0.15, -0.1) is 0 Å². The van der Waals surface area contributed by atoms with E-state index in [4.69, 9.17) is 0 Å². The third kappa shape index (κ3) is 4.01. The highest BCUT2D eigenvalue weighted by Crippen LogP contribution is 2.31. The van der Waals surface area contributed by atoms with Crippen LogP contribution in [0.3, 0.4) is 0 Å². The highest BCUT2D eigenvalue weighted by atomic mass is 32.2. The van der Waals surface area contributed by atoms with Crippen molar-refractivity contribution in [3.8, 4) is 0 Å². The zero-order valence-corrected chi connectivity index (χ0v) is 18.4. The molecule has 0 fully saturated rings. The molecule has 0 radical (unpaired) electrons. The van der Waals surface area contributed by atoms with Crippen LogP contribution in [-0.2, 0) is 27.8 Å². The Labute approximate surface area is 191 Å². The Balaban J connectivity index is 1.54. The SMILES string of the molecule is O=C(Nc1cccc2ccccc12)C1Cc2ccccc2CN1S(=O)(=O)c1ccc(F)cc1. The van der Waals surface area contributed by atoms with Gasteiger partial charge in [0.2, 0.25) is 15.9 Å². The Bertz CT molecular complexity index is 1450. The van der Waals surface area contributed by atoms with Crippen molar-refractivity contribution >= 4 is 32.4 Å². The second-order valence-corrected chi connectivity index (χ2v) is 9.90. The number of nitrogens with zero attached hydrogens (tertiary/aromatic N) is 1. The average molecular weight is 461 g/mol. The van der Waals surface area contributed by atoms with Gasteiger partial charge in [-0.3, -0.25) is 4.79 Å². The molecule has 1 aliphatic rings. The summed E-state index contributed by atoms with van der Waals surface area (Å²) in [6.45, 7) is 0.0590. The van der Waals surface area contributed by atoms with Crippen molar-refractivity contribution in [2.75, 3.05) is 5.32 Å². The second kappa shape index (κ2) is 8.42. The minimum absolute atomic E-state index is 0.0498. The molecule has 4 aromatic rings. The molecule has 33 heavy (non-hydrogen) atoms. The Kier molecular flexibility index (Phi) is 5.44. The molecule has 0 saturated carbocycles. The first-order valence-electron chi connectivity index (χ1n) is 10.6. The van der Waals surface area contributed by atoms with E-state index in [0.29, 0.717) is 5.69 Å². The summed E-state index contributed by atoms with van der Waals surface area (Å²) in [5, 5.41) is 4.79. The van der Waals surface area contributed by atoms with Crippen molar-refractivity contribution in [3.63, 3.8) is 0 Å². The highest BCUT2D eigenvalue weighted by molar-refractivity contribution is 7.89. The van der Waals surface area contributed by atoms with Crippen LogP contribution in [0.4, 0.5) is 10.1 Å². The van der Waals surface area contributed by atoms with Crippen LogP contribution in [0.2, 0.25) is 0 Å². The smallest absolute Gasteiger partial charge is 0.244 e. The first-order valence-corrected chi connectivity index (χ1v) is 12.0. The van der Waals surface area contributed by atoms with Gasteiger partial charge >= 0.3 is 0 Å². The maximum Gasteiger partial charge on any atom is 0.244 e. The van der Waals surface area contributed by atoms with Crippen molar-refractivity contribution < 1.29 is 17.6 Å². The van der Waals surface area contributed by atoms with Crippen LogP contribution >= 0.6 is 0 Å². The number of halogens is 1. The lowest BCUT2D eigenvalue weighted by atomic mass is 9.95. The molecular formula is C26H21FN2O3S. The summed E-state index contributed by atoms with van der Waals surface area (Å²) in [7, 11) is -4.04. The Hall–Kier alpha value is -3.55. The van der Waals surface area contributed by atoms with Crippen molar-refractivity contribution in [3.05, 3.63) is 108 Å². The maximum absolute atomic E-state index is 13.5. The number of nitrogens with one attached hydrogen (secondary N) is 1. The van der Waals surface area contributed by atoms with Crippen molar-refractivity contribution in [2.45, 2.75) is 23.9 Å². The number of carbonyl (C=O) groups is 1. The minimum Gasteiger partial charge on any atom is -0.324 e. The number of carbonyl (C=O) groups excluding carboxylic acids is 1. The van der Waals surface area contributed by atoms with Gasteiger partial charge in [0.05, 0.1) is 4.90 Å². The zero-order valence-electron chi connectivity index (χ0n) is 17.6. The quantitative estimate of drug-likeness (QED) is 0.479. The first-order chi connectivity index (χ1) is 15.9. The van der Waals surface area contributed by atoms with Gasteiger partial charge in [0, 0.05) is 17.6 Å². The Morgan fingerprint density at radius 1 is 0.848 bits per heavy atom. The van der Waals surface area contributed by atoms with Crippen LogP contribution in [0, 0.1) is 5.82 Å². The van der Waals surface area contributed by atoms with E-state index in [1.54, 1.807) is 6.07 Å². The fourth-order valence-electron chi connectivity index (χ4n) is 4.27. The van der Waals surface area contributed by atoms with E-state index < -0.39 is 27.8 Å². The van der Waals surface area contributed by atoms with E-state index >= 15 is 0 Å². The molecular weight excluding hydrogens is 439 g/mol. The number of benzene rings is 4. The van der Waals surface area contributed by atoms with Gasteiger partial charge < -0.3 is 5.32 Å². The molecule has 1 unspecified atom stereocenters. The monoisotopic (exact) mass is 460 g/mol. The van der Waals surface area contributed by atoms with E-state index in [-0.39, 0.29) is 17.9 Å². The average Bonchev–Trinajstić information content (AvgIpc) is 2.83. The number of fused-ring (bicyclic) bond motifs is 2. The summed E-state index contributed by atoms with van der Waals surface area (Å²) < 4.78 is 41.7. The fourth-order valence-corrected chi connectivity index (χ4v) is 5.83. The molecule has 5 nitrogen and oxygen atoms in total. The molecule has 166 valence electrons. The van der Waals surface area contributed by atoms with Crippen LogP contribution < -0.4 is 5.32 Å². The molecule has 0 saturated heterocycles. The number of amides is 1. The normalized spacial score (nSPS) is 16.3. The van der Waals surface area contributed by atoms with Crippen LogP contribution in [0.25, 0.3) is 10.8 Å². The molecule has 1 amide bonds. The molecule has 0 aromatic heterocycles. The highest BCUT2D eigenvalue weighted by Gasteiger charge is 2.39. The molecule has 1 N–H and O–H groups in total. The predicted octanol–water partition coefficient (Wildman–Crippen LogP) is 4.73. The van der Waals surface area contributed by atoms with Crippen molar-refractivity contribution in [1.82, 2.24) is 4.31 Å². The molecule has 1 heterocycles. The second-order valence-electron chi connectivity index (χ2n) is 8.01. The standard InChI is InChI=1S/C26H21FN2O3S/c27-21-12-14-22(15-13-21)33(31,32)29-17-20-8-2-1-7-19(20)16-25(29)26(30)28-24-11-5-9-18-6-3-4-10-23(18)24/h1-15,25H,16-17H2,(H,28,30). The van der Waals surface area contributed by atoms with Crippen LogP contribution in [0.5, 0.6) is 0 Å². The van der Waals surface area contributed by atoms with Gasteiger partial charge in [-0.25, -0.2) is 12.8 Å². The number of anilines is 1. The predicted molar refractivity (Wildman–Crippen MR) is 126 cm³/mol. The van der Waals surface area contributed by atoms with Gasteiger partial charge in [-0.1, -0.05) is 60.7 Å². The number of hydrogen-bond acceptors (Lipinski definition) is 3. The third-order valence-corrected chi connectivity index (χ3v) is 7.84. The summed E-state index contributed by atoms with van der Waals surface area (Å²) in [6.07, 6.45) is 0.243. The Morgan fingerprint density at radius 2 is 1.52 bits per heavy atom. The number of rotatable bonds is 4. The largest absolute Gasteiger partial charge is 0.324 e. The molecule has 4 aromatic carbocycles. The molecule has 0 spiro atoms. The van der Waals surface area contributed by atoms with Gasteiger partial charge in [0.1, 0.15) is 11.9 Å². The summed E-state index contributed by atoms with van der Waals surface area (Å²) in [6, 6.07) is 24.5. The summed E-state index contributed by atoms with van der Waals surface area (Å²) in [5.74, 6) is -0.935. The summed E-state index contributed by atoms with van der Waals surface area (Å²) in [5.41, 5.74) is 2.40. The van der Waals surface area contributed by atoms with Crippen LogP contribution in [0.1, 0.15) is 11.1 Å². The van der Waals surface area contributed by atoms with E-state index in [0.717, 1.165) is 34.0 Å². The van der Waals surface area contributed by atoms with Gasteiger partial charge in [0.15, 0.2) is 0 Å². The van der Waals surface area contributed by atoms with Crippen LogP contribution in [0.15, 0.2) is 95.9 Å². The first kappa shape index (κ1) is 21.3. The summed E-state index contributed by atoms with van der Waals surface area (Å²) in [4.78, 5) is 13.4. The van der Waals surface area contributed by atoms with E-state index in [1.807, 2.05) is 60.7 Å². The van der Waals surface area contributed by atoms with Gasteiger partial charge in [-0.05, 0) is 53.3 Å². The number of hydrogen-bond donors (Lipinski definition) is 1. The minimum atomic E-state index is -4.04. The topological polar surface area (TPSA) is 66.5 Å². The molecule has 1 aliphatic heterocycles. The number of sulfonamides is 1. The lowest BCUT2D eigenvalue weighted by Crippen LogP contribution is -2.50. The Morgan fingerprint density at radius 3 is 2.30 bits per heavy atom. The fraction of sp³-hybridized carbons (Fsp3) is 0.115. The van der Waals surface area contributed by atoms with E-state index in [1.165, 1.54) is 16.4 Å². The van der Waals surface area contributed by atoms with Gasteiger partial charge in [-0.2, -0.15) is 4.31 Å². The summed E-state index contributed by atoms with van der Waals surface area (Å²) >= 11 is 0. The van der Waals surface area contributed by atoms with Crippen molar-refractivity contribution in [2.24, 2.45) is 0 Å². The molecule has 7 heteroatoms. The molecule has 5 rings (SSSR count). The molecule has 1 atom stereocenters. The molecule has 0 bridgehead atoms. The van der Waals surface area contributed by atoms with E-state index in [2.05, 4.69) is 5.32 Å². The zero-order chi connectivity index (χ0) is 23.0. The van der Waals surface area contributed by atoms with E-state index in [9.17, 15) is 17.6 Å². The third-order valence-electron chi connectivity index (χ3n) is 5.98. The maximum atomic E-state index is 13.5. The van der Waals surface area contributed by atoms with Crippen molar-refractivity contribution in [1.29, 1.82) is 0 Å².